The standard InChI is InChI=1S/C17H25FO4/c1-15(2,18)14(19)22-16-8-11-6-12(9-16)17(13(7-11)10-16)20-4-3-5-21-17/h11-13H,3-10H2,1-2H3. The first-order chi connectivity index (χ1) is 10.3. The van der Waals surface area contributed by atoms with Crippen LogP contribution in [0.2, 0.25) is 0 Å². The van der Waals surface area contributed by atoms with Crippen LogP contribution in [0.1, 0.15) is 52.4 Å². The van der Waals surface area contributed by atoms with Gasteiger partial charge in [0.25, 0.3) is 0 Å². The summed E-state index contributed by atoms with van der Waals surface area (Å²) in [7, 11) is 0. The quantitative estimate of drug-likeness (QED) is 0.735. The van der Waals surface area contributed by atoms with E-state index in [2.05, 4.69) is 0 Å². The Labute approximate surface area is 130 Å². The van der Waals surface area contributed by atoms with Crippen molar-refractivity contribution in [1.29, 1.82) is 0 Å². The number of rotatable bonds is 2. The fraction of sp³-hybridized carbons (Fsp3) is 0.941. The van der Waals surface area contributed by atoms with Gasteiger partial charge in [-0.3, -0.25) is 0 Å². The third-order valence-corrected chi connectivity index (χ3v) is 6.01. The molecule has 4 saturated carbocycles. The molecule has 5 rings (SSSR count). The lowest BCUT2D eigenvalue weighted by Crippen LogP contribution is -2.67. The summed E-state index contributed by atoms with van der Waals surface area (Å²) in [4.78, 5) is 12.1. The van der Waals surface area contributed by atoms with Gasteiger partial charge in [-0.2, -0.15) is 0 Å². The lowest BCUT2D eigenvalue weighted by atomic mass is 9.51. The molecule has 0 aromatic carbocycles. The zero-order valence-electron chi connectivity index (χ0n) is 13.4. The summed E-state index contributed by atoms with van der Waals surface area (Å²) in [5.74, 6) is -0.0954. The summed E-state index contributed by atoms with van der Waals surface area (Å²) >= 11 is 0. The second-order valence-corrected chi connectivity index (χ2v) is 8.16. The lowest BCUT2D eigenvalue weighted by molar-refractivity contribution is -0.373. The third-order valence-electron chi connectivity index (χ3n) is 6.01. The van der Waals surface area contributed by atoms with Crippen LogP contribution in [-0.2, 0) is 19.0 Å². The largest absolute Gasteiger partial charge is 0.457 e. The van der Waals surface area contributed by atoms with Crippen molar-refractivity contribution < 1.29 is 23.4 Å². The number of hydrogen-bond donors (Lipinski definition) is 0. The molecule has 22 heavy (non-hydrogen) atoms. The highest BCUT2D eigenvalue weighted by molar-refractivity contribution is 5.78. The Hall–Kier alpha value is -0.680. The first kappa shape index (κ1) is 14.9. The van der Waals surface area contributed by atoms with E-state index in [9.17, 15) is 9.18 Å². The van der Waals surface area contributed by atoms with Crippen molar-refractivity contribution in [2.45, 2.75) is 69.4 Å². The van der Waals surface area contributed by atoms with Gasteiger partial charge < -0.3 is 14.2 Å². The van der Waals surface area contributed by atoms with Gasteiger partial charge in [-0.25, -0.2) is 9.18 Å². The number of alkyl halides is 1. The normalized spacial score (nSPS) is 42.6. The van der Waals surface area contributed by atoms with Gasteiger partial charge in [-0.05, 0) is 58.3 Å². The first-order valence-corrected chi connectivity index (χ1v) is 8.53. The van der Waals surface area contributed by atoms with Crippen molar-refractivity contribution in [3.8, 4) is 0 Å². The molecular formula is C17H25FO4. The molecule has 4 bridgehead atoms. The minimum atomic E-state index is -1.93. The van der Waals surface area contributed by atoms with E-state index in [-0.39, 0.29) is 11.8 Å². The molecule has 0 aromatic rings. The molecule has 5 heteroatoms. The smallest absolute Gasteiger partial charge is 0.343 e. The summed E-state index contributed by atoms with van der Waals surface area (Å²) < 4.78 is 31.9. The summed E-state index contributed by atoms with van der Waals surface area (Å²) in [6.07, 6.45) is 5.48. The Morgan fingerprint density at radius 3 is 2.27 bits per heavy atom. The maximum absolute atomic E-state index is 13.9. The zero-order chi connectivity index (χ0) is 15.6. The molecule has 124 valence electrons. The van der Waals surface area contributed by atoms with Crippen LogP contribution in [-0.4, -0.2) is 36.2 Å². The first-order valence-electron chi connectivity index (χ1n) is 8.53. The molecule has 2 atom stereocenters. The van der Waals surface area contributed by atoms with Crippen LogP contribution in [0.15, 0.2) is 0 Å². The van der Waals surface area contributed by atoms with E-state index in [4.69, 9.17) is 14.2 Å². The molecule has 0 amide bonds. The van der Waals surface area contributed by atoms with Crippen molar-refractivity contribution >= 4 is 5.97 Å². The van der Waals surface area contributed by atoms with Crippen LogP contribution in [0.3, 0.4) is 0 Å². The molecule has 0 N–H and O–H groups in total. The molecule has 0 aromatic heterocycles. The predicted molar refractivity (Wildman–Crippen MR) is 76.8 cm³/mol. The third kappa shape index (κ3) is 2.12. The van der Waals surface area contributed by atoms with E-state index in [1.54, 1.807) is 0 Å². The number of carbonyl (C=O) groups excluding carboxylic acids is 1. The molecule has 2 unspecified atom stereocenters. The average Bonchev–Trinajstić information content (AvgIpc) is 2.44. The Balaban J connectivity index is 1.58. The van der Waals surface area contributed by atoms with E-state index < -0.39 is 23.0 Å². The predicted octanol–water partition coefficient (Wildman–Crippen LogP) is 2.99. The maximum atomic E-state index is 13.9. The Kier molecular flexibility index (Phi) is 3.16. The highest BCUT2D eigenvalue weighted by Gasteiger charge is 2.66. The SMILES string of the molecule is CC(C)(F)C(=O)OC12CC3CC(C1)C1(OCCCO1)C(C3)C2. The van der Waals surface area contributed by atoms with Crippen molar-refractivity contribution in [1.82, 2.24) is 0 Å². The second kappa shape index (κ2) is 4.67. The Morgan fingerprint density at radius 1 is 1.14 bits per heavy atom. The minimum absolute atomic E-state index is 0.273. The molecule has 1 heterocycles. The molecule has 1 spiro atoms. The summed E-state index contributed by atoms with van der Waals surface area (Å²) in [6.45, 7) is 4.04. The van der Waals surface area contributed by atoms with Gasteiger partial charge in [0.1, 0.15) is 5.60 Å². The van der Waals surface area contributed by atoms with Crippen LogP contribution in [0.5, 0.6) is 0 Å². The van der Waals surface area contributed by atoms with Crippen molar-refractivity contribution in [3.05, 3.63) is 0 Å². The number of halogens is 1. The number of esters is 1. The molecule has 4 nitrogen and oxygen atoms in total. The van der Waals surface area contributed by atoms with Crippen molar-refractivity contribution in [2.75, 3.05) is 13.2 Å². The van der Waals surface area contributed by atoms with Crippen molar-refractivity contribution in [2.24, 2.45) is 17.8 Å². The highest BCUT2D eigenvalue weighted by Crippen LogP contribution is 2.63. The monoisotopic (exact) mass is 312 g/mol. The topological polar surface area (TPSA) is 44.8 Å². The molecule has 1 saturated heterocycles. The van der Waals surface area contributed by atoms with Gasteiger partial charge in [-0.15, -0.1) is 0 Å². The summed E-state index contributed by atoms with van der Waals surface area (Å²) in [6, 6.07) is 0. The van der Waals surface area contributed by atoms with E-state index in [0.29, 0.717) is 5.92 Å². The molecule has 1 aliphatic heterocycles. The number of hydrogen-bond acceptors (Lipinski definition) is 4. The van der Waals surface area contributed by atoms with E-state index in [1.165, 1.54) is 13.8 Å². The molecule has 5 fully saturated rings. The van der Waals surface area contributed by atoms with E-state index in [1.807, 2.05) is 0 Å². The van der Waals surface area contributed by atoms with Crippen LogP contribution in [0.25, 0.3) is 0 Å². The fourth-order valence-corrected chi connectivity index (χ4v) is 5.33. The Morgan fingerprint density at radius 2 is 1.73 bits per heavy atom. The van der Waals surface area contributed by atoms with Gasteiger partial charge >= 0.3 is 5.97 Å². The van der Waals surface area contributed by atoms with Gasteiger partial charge in [-0.1, -0.05) is 0 Å². The second-order valence-electron chi connectivity index (χ2n) is 8.16. The molecule has 5 aliphatic rings. The van der Waals surface area contributed by atoms with Gasteiger partial charge in [0, 0.05) is 11.8 Å². The zero-order valence-corrected chi connectivity index (χ0v) is 13.4. The van der Waals surface area contributed by atoms with Gasteiger partial charge in [0.2, 0.25) is 5.67 Å². The fourth-order valence-electron chi connectivity index (χ4n) is 5.33. The maximum Gasteiger partial charge on any atom is 0.343 e. The Bertz CT molecular complexity index is 460. The van der Waals surface area contributed by atoms with Crippen LogP contribution in [0, 0.1) is 17.8 Å². The number of ether oxygens (including phenoxy) is 3. The lowest BCUT2D eigenvalue weighted by Gasteiger charge is -2.64. The van der Waals surface area contributed by atoms with Crippen LogP contribution < -0.4 is 0 Å². The highest BCUT2D eigenvalue weighted by atomic mass is 19.1. The van der Waals surface area contributed by atoms with E-state index in [0.717, 1.165) is 51.7 Å². The molecular weight excluding hydrogens is 287 g/mol. The average molecular weight is 312 g/mol. The van der Waals surface area contributed by atoms with Crippen LogP contribution in [0.4, 0.5) is 4.39 Å². The van der Waals surface area contributed by atoms with Crippen molar-refractivity contribution in [3.63, 3.8) is 0 Å². The molecule has 0 radical (unpaired) electrons. The molecule has 4 aliphatic carbocycles. The van der Waals surface area contributed by atoms with E-state index >= 15 is 0 Å². The van der Waals surface area contributed by atoms with Gasteiger partial charge in [0.15, 0.2) is 5.79 Å². The summed E-state index contributed by atoms with van der Waals surface area (Å²) in [5.41, 5.74) is -2.43. The number of carbonyl (C=O) groups is 1. The minimum Gasteiger partial charge on any atom is -0.457 e. The van der Waals surface area contributed by atoms with Crippen LogP contribution >= 0.6 is 0 Å². The van der Waals surface area contributed by atoms with Gasteiger partial charge in [0.05, 0.1) is 13.2 Å². The summed E-state index contributed by atoms with van der Waals surface area (Å²) in [5, 5.41) is 0.